The van der Waals surface area contributed by atoms with Crippen molar-refractivity contribution in [2.45, 2.75) is 0 Å². The molecule has 0 unspecified atom stereocenters. The lowest BCUT2D eigenvalue weighted by molar-refractivity contribution is 0.137. The molecule has 0 atom stereocenters. The predicted octanol–water partition coefficient (Wildman–Crippen LogP) is -2.96. The van der Waals surface area contributed by atoms with Crippen molar-refractivity contribution >= 4 is 48.8 Å². The van der Waals surface area contributed by atoms with Gasteiger partial charge in [-0.15, -0.1) is 0 Å². The molecule has 0 aliphatic carbocycles. The maximum Gasteiger partial charge on any atom is 0.761 e. The Labute approximate surface area is 95.4 Å². The van der Waals surface area contributed by atoms with E-state index in [1.165, 1.54) is 0 Å². The van der Waals surface area contributed by atoms with Crippen LogP contribution in [0.2, 0.25) is 0 Å². The molecule has 0 radical (unpaired) electrons. The van der Waals surface area contributed by atoms with E-state index in [1.807, 2.05) is 0 Å². The second kappa shape index (κ2) is 12.5. The monoisotopic (exact) mass is 264 g/mol. The molecule has 0 aromatic rings. The zero-order valence-electron chi connectivity index (χ0n) is 5.72. The van der Waals surface area contributed by atoms with Crippen molar-refractivity contribution in [1.29, 1.82) is 0 Å². The van der Waals surface area contributed by atoms with E-state index in [4.69, 9.17) is 46.6 Å². The minimum absolute atomic E-state index is 0. The topological polar surface area (TPSA) is 190 Å². The summed E-state index contributed by atoms with van der Waals surface area (Å²) in [6, 6.07) is 0. The van der Waals surface area contributed by atoms with Gasteiger partial charge in [0, 0.05) is 0 Å². The van der Waals surface area contributed by atoms with Crippen LogP contribution in [0.3, 0.4) is 0 Å². The van der Waals surface area contributed by atoms with Crippen LogP contribution in [0.5, 0.6) is 0 Å². The molecule has 0 fully saturated rings. The van der Waals surface area contributed by atoms with Crippen molar-refractivity contribution in [1.82, 2.24) is 0 Å². The summed E-state index contributed by atoms with van der Waals surface area (Å²) >= 11 is 0. The van der Waals surface area contributed by atoms with E-state index in [2.05, 4.69) is 0 Å². The van der Waals surface area contributed by atoms with Crippen LogP contribution in [0.4, 0.5) is 4.79 Å². The van der Waals surface area contributed by atoms with Crippen molar-refractivity contribution in [3.8, 4) is 0 Å². The van der Waals surface area contributed by atoms with Crippen LogP contribution >= 0.6 is 0 Å². The molecular weight excluding hydrogens is 256 g/mol. The zero-order chi connectivity index (χ0) is 11.7. The molecule has 10 nitrogen and oxygen atoms in total. The number of hydrogen-bond acceptors (Lipinski definition) is 4. The standard InChI is InChI=1S/CH2O3.Mg.H2O4S.H2O3Si.2H/c2-1(3)4;;1-5(2,3)4;1-4(2)3;;/h(H2,2,3,4);;(H2,1,2,3,4);1-2H;;. The molecule has 0 aromatic heterocycles. The van der Waals surface area contributed by atoms with Crippen molar-refractivity contribution in [3.63, 3.8) is 0 Å². The van der Waals surface area contributed by atoms with E-state index < -0.39 is 25.7 Å². The third-order valence-electron chi connectivity index (χ3n) is 0. The van der Waals surface area contributed by atoms with Crippen LogP contribution < -0.4 is 0 Å². The smallest absolute Gasteiger partial charge is 0.511 e. The maximum absolute atomic E-state index is 8.74. The van der Waals surface area contributed by atoms with Crippen LogP contribution in [0, 0.1) is 0 Å². The van der Waals surface area contributed by atoms with E-state index in [9.17, 15) is 0 Å². The van der Waals surface area contributed by atoms with E-state index in [0.29, 0.717) is 0 Å². The van der Waals surface area contributed by atoms with Gasteiger partial charge in [-0.25, -0.2) is 4.79 Å². The summed E-state index contributed by atoms with van der Waals surface area (Å²) < 4.78 is 40.3. The highest BCUT2D eigenvalue weighted by molar-refractivity contribution is 7.79. The molecule has 84 valence electrons. The fourth-order valence-electron chi connectivity index (χ4n) is 0. The highest BCUT2D eigenvalue weighted by Crippen LogP contribution is 1.59. The fraction of sp³-hybridized carbons (Fsp3) is 0. The van der Waals surface area contributed by atoms with Crippen molar-refractivity contribution < 1.29 is 46.6 Å². The molecule has 0 saturated heterocycles. The van der Waals surface area contributed by atoms with Gasteiger partial charge >= 0.3 is 48.8 Å². The van der Waals surface area contributed by atoms with Gasteiger partial charge in [-0.1, -0.05) is 0 Å². The SMILES string of the molecule is O=C(O)O.O=S(=O)(O)O.O=[Si](O)O.[MgH2]. The third kappa shape index (κ3) is 5610. The third-order valence-corrected chi connectivity index (χ3v) is 0. The Hall–Kier alpha value is -0.477. The van der Waals surface area contributed by atoms with Crippen LogP contribution in [0.1, 0.15) is 0 Å². The summed E-state index contributed by atoms with van der Waals surface area (Å²) in [7, 11) is -7.80. The van der Waals surface area contributed by atoms with Crippen molar-refractivity contribution in [2.75, 3.05) is 0 Å². The van der Waals surface area contributed by atoms with E-state index in [1.54, 1.807) is 0 Å². The predicted molar refractivity (Wildman–Crippen MR) is 44.3 cm³/mol. The minimum atomic E-state index is -4.67. The average molecular weight is 265 g/mol. The quantitative estimate of drug-likeness (QED) is 0.195. The molecule has 0 spiro atoms. The Morgan fingerprint density at radius 3 is 1.07 bits per heavy atom. The second-order valence-corrected chi connectivity index (χ2v) is 2.47. The molecule has 0 bridgehead atoms. The Morgan fingerprint density at radius 1 is 1.07 bits per heavy atom. The first kappa shape index (κ1) is 23.4. The Bertz CT molecular complexity index is 215. The lowest BCUT2D eigenvalue weighted by atomic mass is 11.5. The van der Waals surface area contributed by atoms with Crippen molar-refractivity contribution in [2.24, 2.45) is 0 Å². The van der Waals surface area contributed by atoms with Gasteiger partial charge in [0.25, 0.3) is 0 Å². The fourth-order valence-corrected chi connectivity index (χ4v) is 0. The molecular formula is CH8MgO10SSi. The summed E-state index contributed by atoms with van der Waals surface area (Å²) in [5, 5.41) is 13.9. The van der Waals surface area contributed by atoms with Crippen LogP contribution in [-0.4, -0.2) is 75.7 Å². The minimum Gasteiger partial charge on any atom is -0.511 e. The van der Waals surface area contributed by atoms with Gasteiger partial charge in [-0.05, 0) is 0 Å². The molecule has 0 aliphatic heterocycles. The van der Waals surface area contributed by atoms with Gasteiger partial charge in [0.2, 0.25) is 0 Å². The number of hydrogen-bond donors (Lipinski definition) is 6. The lowest BCUT2D eigenvalue weighted by Crippen LogP contribution is -1.90. The summed E-state index contributed by atoms with van der Waals surface area (Å²) in [5.41, 5.74) is 0. The van der Waals surface area contributed by atoms with E-state index in [0.717, 1.165) is 0 Å². The Kier molecular flexibility index (Phi) is 20.9. The Morgan fingerprint density at radius 2 is 1.07 bits per heavy atom. The zero-order valence-corrected chi connectivity index (χ0v) is 7.54. The molecule has 0 aromatic carbocycles. The van der Waals surface area contributed by atoms with Gasteiger partial charge in [-0.3, -0.25) is 13.6 Å². The summed E-state index contributed by atoms with van der Waals surface area (Å²) in [4.78, 5) is 22.9. The van der Waals surface area contributed by atoms with E-state index >= 15 is 0 Å². The number of rotatable bonds is 0. The highest BCUT2D eigenvalue weighted by atomic mass is 32.3. The van der Waals surface area contributed by atoms with E-state index in [-0.39, 0.29) is 23.1 Å². The number of carbonyl (C=O) groups is 1. The summed E-state index contributed by atoms with van der Waals surface area (Å²) in [5.74, 6) is 0. The molecule has 0 saturated carbocycles. The average Bonchev–Trinajstić information content (AvgIpc) is 1.50. The van der Waals surface area contributed by atoms with Crippen LogP contribution in [0.15, 0.2) is 0 Å². The molecule has 13 heteroatoms. The molecule has 14 heavy (non-hydrogen) atoms. The first-order valence-electron chi connectivity index (χ1n) is 2.00. The summed E-state index contributed by atoms with van der Waals surface area (Å²) in [6.45, 7) is 0. The largest absolute Gasteiger partial charge is 0.761 e. The molecule has 6 N–H and O–H groups in total. The van der Waals surface area contributed by atoms with Gasteiger partial charge in [0.1, 0.15) is 0 Å². The maximum atomic E-state index is 8.74. The summed E-state index contributed by atoms with van der Waals surface area (Å²) in [6.07, 6.45) is -1.83. The molecule has 0 aliphatic rings. The van der Waals surface area contributed by atoms with Crippen LogP contribution in [-0.2, 0) is 14.9 Å². The van der Waals surface area contributed by atoms with Gasteiger partial charge in [0.15, 0.2) is 0 Å². The number of carboxylic acid groups (broad SMARTS) is 2. The van der Waals surface area contributed by atoms with Crippen LogP contribution in [0.25, 0.3) is 0 Å². The van der Waals surface area contributed by atoms with Gasteiger partial charge in [0.05, 0.1) is 0 Å². The first-order valence-corrected chi connectivity index (χ1v) is 4.70. The Balaban J connectivity index is -0.0000000522. The normalized spacial score (nSPS) is 7.57. The second-order valence-electron chi connectivity index (χ2n) is 1.01. The molecule has 0 heterocycles. The van der Waals surface area contributed by atoms with Gasteiger partial charge < -0.3 is 19.8 Å². The molecule has 0 rings (SSSR count). The molecule has 0 amide bonds. The van der Waals surface area contributed by atoms with Gasteiger partial charge in [-0.2, -0.15) is 8.42 Å². The highest BCUT2D eigenvalue weighted by Gasteiger charge is 1.85. The van der Waals surface area contributed by atoms with Crippen molar-refractivity contribution in [3.05, 3.63) is 0 Å². The lowest BCUT2D eigenvalue weighted by Gasteiger charge is -1.68. The first-order chi connectivity index (χ1) is 5.46.